The number of hydrogen-bond acceptors (Lipinski definition) is 4. The molecule has 4 nitrogen and oxygen atoms in total. The van der Waals surface area contributed by atoms with Crippen molar-refractivity contribution >= 4 is 5.97 Å². The van der Waals surface area contributed by atoms with E-state index in [-0.39, 0.29) is 6.61 Å². The van der Waals surface area contributed by atoms with Gasteiger partial charge < -0.3 is 15.6 Å². The van der Waals surface area contributed by atoms with Crippen molar-refractivity contribution in [2.45, 2.75) is 64.3 Å². The molecule has 17 heavy (non-hydrogen) atoms. The van der Waals surface area contributed by atoms with Gasteiger partial charge >= 0.3 is 5.97 Å². The maximum Gasteiger partial charge on any atom is 0.325 e. The van der Waals surface area contributed by atoms with Crippen LogP contribution in [-0.4, -0.2) is 30.3 Å². The number of ether oxygens (including phenoxy) is 1. The van der Waals surface area contributed by atoms with E-state index in [1.54, 1.807) is 0 Å². The lowest BCUT2D eigenvalue weighted by Crippen LogP contribution is -2.35. The van der Waals surface area contributed by atoms with E-state index in [0.29, 0.717) is 6.61 Å². The smallest absolute Gasteiger partial charge is 0.325 e. The summed E-state index contributed by atoms with van der Waals surface area (Å²) in [5, 5.41) is 8.62. The molecule has 0 saturated carbocycles. The number of unbranched alkanes of at least 4 members (excludes halogenated alkanes) is 7. The molecule has 1 atom stereocenters. The quantitative estimate of drug-likeness (QED) is 0.431. The number of aliphatic hydroxyl groups is 1. The molecular formula is C13H27NO3. The fourth-order valence-electron chi connectivity index (χ4n) is 1.59. The van der Waals surface area contributed by atoms with Gasteiger partial charge in [-0.15, -0.1) is 0 Å². The van der Waals surface area contributed by atoms with E-state index < -0.39 is 12.0 Å². The first-order valence-corrected chi connectivity index (χ1v) is 6.75. The fourth-order valence-corrected chi connectivity index (χ4v) is 1.59. The van der Waals surface area contributed by atoms with Crippen LogP contribution >= 0.6 is 0 Å². The van der Waals surface area contributed by atoms with Gasteiger partial charge in [0, 0.05) is 0 Å². The van der Waals surface area contributed by atoms with Gasteiger partial charge in [0.25, 0.3) is 0 Å². The lowest BCUT2D eigenvalue weighted by molar-refractivity contribution is -0.146. The van der Waals surface area contributed by atoms with Gasteiger partial charge in [-0.1, -0.05) is 51.9 Å². The van der Waals surface area contributed by atoms with Crippen LogP contribution in [-0.2, 0) is 9.53 Å². The summed E-state index contributed by atoms with van der Waals surface area (Å²) < 4.78 is 4.92. The maximum atomic E-state index is 11.1. The Hall–Kier alpha value is -0.610. The minimum atomic E-state index is -0.885. The second-order valence-corrected chi connectivity index (χ2v) is 4.43. The van der Waals surface area contributed by atoms with Gasteiger partial charge in [-0.25, -0.2) is 0 Å². The monoisotopic (exact) mass is 245 g/mol. The summed E-state index contributed by atoms with van der Waals surface area (Å²) in [6.07, 6.45) is 9.69. The lowest BCUT2D eigenvalue weighted by Gasteiger charge is -2.08. The molecule has 0 aliphatic carbocycles. The Morgan fingerprint density at radius 1 is 1.12 bits per heavy atom. The van der Waals surface area contributed by atoms with Crippen molar-refractivity contribution < 1.29 is 14.6 Å². The van der Waals surface area contributed by atoms with Gasteiger partial charge in [0.15, 0.2) is 0 Å². The van der Waals surface area contributed by atoms with Crippen molar-refractivity contribution in [3.63, 3.8) is 0 Å². The van der Waals surface area contributed by atoms with Crippen LogP contribution in [0.2, 0.25) is 0 Å². The Kier molecular flexibility index (Phi) is 11.4. The van der Waals surface area contributed by atoms with Crippen LogP contribution in [0.5, 0.6) is 0 Å². The first-order chi connectivity index (χ1) is 8.22. The van der Waals surface area contributed by atoms with Crippen LogP contribution in [0.25, 0.3) is 0 Å². The number of esters is 1. The number of carbonyl (C=O) groups excluding carboxylic acids is 1. The number of hydrogen-bond donors (Lipinski definition) is 2. The largest absolute Gasteiger partial charge is 0.464 e. The average Bonchev–Trinajstić information content (AvgIpc) is 2.35. The molecule has 0 radical (unpaired) electrons. The number of nitrogens with two attached hydrogens (primary N) is 1. The van der Waals surface area contributed by atoms with Crippen molar-refractivity contribution in [3.05, 3.63) is 0 Å². The highest BCUT2D eigenvalue weighted by Gasteiger charge is 2.12. The van der Waals surface area contributed by atoms with Gasteiger partial charge in [0.2, 0.25) is 0 Å². The fraction of sp³-hybridized carbons (Fsp3) is 0.923. The van der Waals surface area contributed by atoms with E-state index in [9.17, 15) is 4.79 Å². The highest BCUT2D eigenvalue weighted by molar-refractivity contribution is 5.75. The molecule has 102 valence electrons. The first-order valence-electron chi connectivity index (χ1n) is 6.75. The van der Waals surface area contributed by atoms with E-state index in [4.69, 9.17) is 15.6 Å². The van der Waals surface area contributed by atoms with Crippen LogP contribution in [0.15, 0.2) is 0 Å². The van der Waals surface area contributed by atoms with Crippen molar-refractivity contribution in [1.82, 2.24) is 0 Å². The van der Waals surface area contributed by atoms with E-state index in [1.807, 2.05) is 0 Å². The molecule has 0 spiro atoms. The zero-order valence-corrected chi connectivity index (χ0v) is 11.0. The molecule has 3 N–H and O–H groups in total. The summed E-state index contributed by atoms with van der Waals surface area (Å²) in [5.41, 5.74) is 5.30. The van der Waals surface area contributed by atoms with Crippen LogP contribution in [0.4, 0.5) is 0 Å². The molecule has 0 amide bonds. The van der Waals surface area contributed by atoms with Crippen LogP contribution in [0, 0.1) is 0 Å². The van der Waals surface area contributed by atoms with E-state index in [1.165, 1.54) is 38.5 Å². The Bertz CT molecular complexity index is 186. The highest BCUT2D eigenvalue weighted by atomic mass is 16.5. The van der Waals surface area contributed by atoms with Crippen LogP contribution in [0.3, 0.4) is 0 Å². The topological polar surface area (TPSA) is 72.5 Å². The number of rotatable bonds is 11. The highest BCUT2D eigenvalue weighted by Crippen LogP contribution is 2.08. The molecule has 0 fully saturated rings. The molecule has 0 aromatic carbocycles. The summed E-state index contributed by atoms with van der Waals surface area (Å²) in [5.74, 6) is -0.504. The molecule has 0 rings (SSSR count). The second kappa shape index (κ2) is 11.9. The van der Waals surface area contributed by atoms with Gasteiger partial charge in [-0.3, -0.25) is 4.79 Å². The molecule has 4 heteroatoms. The Labute approximate surface area is 105 Å². The molecule has 0 saturated heterocycles. The predicted molar refractivity (Wildman–Crippen MR) is 68.6 cm³/mol. The standard InChI is InChI=1S/C13H27NO3/c1-2-3-4-5-6-7-8-9-10-17-13(16)12(14)11-15/h12,15H,2-11,14H2,1H3/t12-/m1/s1. The Morgan fingerprint density at radius 2 is 1.65 bits per heavy atom. The Balaban J connectivity index is 3.16. The SMILES string of the molecule is CCCCCCCCCCOC(=O)[C@H](N)CO. The minimum Gasteiger partial charge on any atom is -0.464 e. The van der Waals surface area contributed by atoms with Gasteiger partial charge in [-0.05, 0) is 6.42 Å². The molecule has 0 aliphatic rings. The Morgan fingerprint density at radius 3 is 2.18 bits per heavy atom. The molecule has 0 aromatic heterocycles. The van der Waals surface area contributed by atoms with E-state index >= 15 is 0 Å². The predicted octanol–water partition coefficient (Wildman–Crippen LogP) is 1.99. The van der Waals surface area contributed by atoms with E-state index in [0.717, 1.165) is 12.8 Å². The molecular weight excluding hydrogens is 218 g/mol. The molecule has 0 aliphatic heterocycles. The number of carbonyl (C=O) groups is 1. The van der Waals surface area contributed by atoms with Crippen molar-refractivity contribution in [3.8, 4) is 0 Å². The third kappa shape index (κ3) is 10.3. The van der Waals surface area contributed by atoms with Gasteiger partial charge in [0.05, 0.1) is 13.2 Å². The maximum absolute atomic E-state index is 11.1. The second-order valence-electron chi connectivity index (χ2n) is 4.43. The summed E-state index contributed by atoms with van der Waals surface area (Å²) >= 11 is 0. The van der Waals surface area contributed by atoms with Gasteiger partial charge in [-0.2, -0.15) is 0 Å². The van der Waals surface area contributed by atoms with Crippen LogP contribution in [0.1, 0.15) is 58.3 Å². The zero-order chi connectivity index (χ0) is 12.9. The minimum absolute atomic E-state index is 0.351. The zero-order valence-electron chi connectivity index (χ0n) is 11.0. The van der Waals surface area contributed by atoms with Crippen LogP contribution < -0.4 is 5.73 Å². The summed E-state index contributed by atoms with van der Waals surface area (Å²) in [6.45, 7) is 2.28. The third-order valence-corrected chi connectivity index (χ3v) is 2.74. The summed E-state index contributed by atoms with van der Waals surface area (Å²) in [6, 6.07) is -0.885. The van der Waals surface area contributed by atoms with Crippen molar-refractivity contribution in [2.24, 2.45) is 5.73 Å². The lowest BCUT2D eigenvalue weighted by atomic mass is 10.1. The van der Waals surface area contributed by atoms with Gasteiger partial charge in [0.1, 0.15) is 6.04 Å². The van der Waals surface area contributed by atoms with Crippen molar-refractivity contribution in [2.75, 3.05) is 13.2 Å². The normalized spacial score (nSPS) is 12.4. The first kappa shape index (κ1) is 16.4. The summed E-state index contributed by atoms with van der Waals surface area (Å²) in [4.78, 5) is 11.1. The molecule has 0 heterocycles. The van der Waals surface area contributed by atoms with E-state index in [2.05, 4.69) is 6.92 Å². The molecule has 0 bridgehead atoms. The average molecular weight is 245 g/mol. The molecule has 0 aromatic rings. The summed E-state index contributed by atoms with van der Waals surface area (Å²) in [7, 11) is 0. The van der Waals surface area contributed by atoms with Crippen molar-refractivity contribution in [1.29, 1.82) is 0 Å². The number of aliphatic hydroxyl groups excluding tert-OH is 1. The molecule has 0 unspecified atom stereocenters. The third-order valence-electron chi connectivity index (χ3n) is 2.74.